The maximum atomic E-state index is 13.6. The molecule has 0 radical (unpaired) electrons. The standard InChI is InChI=1S/C17H20FN5O/c1-12-3-4-13(9-15(12)18)16(24)21-14-10-19-17(20-11-14)23-7-5-22(2)6-8-23/h3-4,9-11H,5-8H2,1-2H3,(H,21,24). The maximum Gasteiger partial charge on any atom is 0.255 e. The van der Waals surface area contributed by atoms with Gasteiger partial charge in [-0.15, -0.1) is 0 Å². The van der Waals surface area contributed by atoms with Crippen LogP contribution in [0.15, 0.2) is 30.6 Å². The van der Waals surface area contributed by atoms with Crippen LogP contribution in [-0.2, 0) is 0 Å². The average Bonchev–Trinajstić information content (AvgIpc) is 2.59. The fourth-order valence-corrected chi connectivity index (χ4v) is 2.49. The molecular weight excluding hydrogens is 309 g/mol. The number of carbonyl (C=O) groups is 1. The number of anilines is 2. The molecule has 1 aliphatic heterocycles. The Labute approximate surface area is 140 Å². The second kappa shape index (κ2) is 6.92. The van der Waals surface area contributed by atoms with Crippen molar-refractivity contribution in [3.05, 3.63) is 47.5 Å². The first-order valence-corrected chi connectivity index (χ1v) is 7.86. The smallest absolute Gasteiger partial charge is 0.255 e. The molecule has 1 N–H and O–H groups in total. The number of piperazine rings is 1. The molecule has 0 bridgehead atoms. The van der Waals surface area contributed by atoms with Crippen molar-refractivity contribution in [2.24, 2.45) is 0 Å². The predicted molar refractivity (Wildman–Crippen MR) is 90.8 cm³/mol. The van der Waals surface area contributed by atoms with Crippen LogP contribution in [0.25, 0.3) is 0 Å². The van der Waals surface area contributed by atoms with Crippen LogP contribution in [0.2, 0.25) is 0 Å². The SMILES string of the molecule is Cc1ccc(C(=O)Nc2cnc(N3CCN(C)CC3)nc2)cc1F. The largest absolute Gasteiger partial charge is 0.338 e. The van der Waals surface area contributed by atoms with Gasteiger partial charge in [-0.3, -0.25) is 4.79 Å². The van der Waals surface area contributed by atoms with Crippen molar-refractivity contribution in [1.29, 1.82) is 0 Å². The first-order chi connectivity index (χ1) is 11.5. The van der Waals surface area contributed by atoms with Crippen molar-refractivity contribution >= 4 is 17.5 Å². The zero-order valence-electron chi connectivity index (χ0n) is 13.8. The third-order valence-electron chi connectivity index (χ3n) is 4.12. The number of nitrogens with zero attached hydrogens (tertiary/aromatic N) is 4. The summed E-state index contributed by atoms with van der Waals surface area (Å²) in [6.07, 6.45) is 3.15. The first kappa shape index (κ1) is 16.3. The molecule has 0 spiro atoms. The molecule has 3 rings (SSSR count). The van der Waals surface area contributed by atoms with Gasteiger partial charge in [-0.1, -0.05) is 6.07 Å². The van der Waals surface area contributed by atoms with E-state index < -0.39 is 5.82 Å². The zero-order valence-corrected chi connectivity index (χ0v) is 13.8. The van der Waals surface area contributed by atoms with E-state index in [1.165, 1.54) is 6.07 Å². The van der Waals surface area contributed by atoms with E-state index in [9.17, 15) is 9.18 Å². The van der Waals surface area contributed by atoms with E-state index in [0.29, 0.717) is 17.2 Å². The van der Waals surface area contributed by atoms with Crippen molar-refractivity contribution in [2.45, 2.75) is 6.92 Å². The van der Waals surface area contributed by atoms with E-state index >= 15 is 0 Å². The number of carbonyl (C=O) groups excluding carboxylic acids is 1. The molecular formula is C17H20FN5O. The van der Waals surface area contributed by atoms with Crippen molar-refractivity contribution in [1.82, 2.24) is 14.9 Å². The number of rotatable bonds is 3. The Hall–Kier alpha value is -2.54. The topological polar surface area (TPSA) is 61.4 Å². The van der Waals surface area contributed by atoms with Gasteiger partial charge >= 0.3 is 0 Å². The summed E-state index contributed by atoms with van der Waals surface area (Å²) >= 11 is 0. The number of hydrogen-bond acceptors (Lipinski definition) is 5. The number of aromatic nitrogens is 2. The lowest BCUT2D eigenvalue weighted by Gasteiger charge is -2.32. The number of hydrogen-bond donors (Lipinski definition) is 1. The highest BCUT2D eigenvalue weighted by Crippen LogP contribution is 2.14. The number of aryl methyl sites for hydroxylation is 1. The molecule has 0 aliphatic carbocycles. The molecule has 2 heterocycles. The van der Waals surface area contributed by atoms with E-state index in [4.69, 9.17) is 0 Å². The van der Waals surface area contributed by atoms with Crippen molar-refractivity contribution in [3.63, 3.8) is 0 Å². The van der Waals surface area contributed by atoms with Crippen LogP contribution in [0.4, 0.5) is 16.0 Å². The number of benzene rings is 1. The summed E-state index contributed by atoms with van der Waals surface area (Å²) < 4.78 is 13.6. The Bertz CT molecular complexity index is 726. The summed E-state index contributed by atoms with van der Waals surface area (Å²) in [5.74, 6) is -0.128. The maximum absolute atomic E-state index is 13.6. The minimum absolute atomic E-state index is 0.265. The Morgan fingerprint density at radius 3 is 2.46 bits per heavy atom. The number of nitrogens with one attached hydrogen (secondary N) is 1. The molecule has 1 saturated heterocycles. The van der Waals surface area contributed by atoms with Gasteiger partial charge in [0, 0.05) is 31.7 Å². The van der Waals surface area contributed by atoms with Crippen LogP contribution in [0.5, 0.6) is 0 Å². The molecule has 0 saturated carbocycles. The van der Waals surface area contributed by atoms with Crippen LogP contribution in [-0.4, -0.2) is 54.0 Å². The van der Waals surface area contributed by atoms with E-state index in [0.717, 1.165) is 26.2 Å². The molecule has 1 aliphatic rings. The van der Waals surface area contributed by atoms with Gasteiger partial charge in [0.2, 0.25) is 5.95 Å². The van der Waals surface area contributed by atoms with Crippen LogP contribution >= 0.6 is 0 Å². The Morgan fingerprint density at radius 1 is 1.17 bits per heavy atom. The Morgan fingerprint density at radius 2 is 1.83 bits per heavy atom. The number of amides is 1. The monoisotopic (exact) mass is 329 g/mol. The zero-order chi connectivity index (χ0) is 17.1. The third kappa shape index (κ3) is 3.68. The van der Waals surface area contributed by atoms with Crippen LogP contribution < -0.4 is 10.2 Å². The number of halogens is 1. The molecule has 0 atom stereocenters. The molecule has 1 amide bonds. The first-order valence-electron chi connectivity index (χ1n) is 7.86. The molecule has 0 unspecified atom stereocenters. The highest BCUT2D eigenvalue weighted by molar-refractivity contribution is 6.04. The van der Waals surface area contributed by atoms with Gasteiger partial charge in [-0.05, 0) is 31.7 Å². The van der Waals surface area contributed by atoms with Gasteiger partial charge in [-0.2, -0.15) is 0 Å². The summed E-state index contributed by atoms with van der Waals surface area (Å²) in [7, 11) is 2.09. The second-order valence-corrected chi connectivity index (χ2v) is 5.98. The van der Waals surface area contributed by atoms with Crippen LogP contribution in [0.3, 0.4) is 0 Å². The lowest BCUT2D eigenvalue weighted by molar-refractivity contribution is 0.102. The second-order valence-electron chi connectivity index (χ2n) is 5.98. The van der Waals surface area contributed by atoms with E-state index in [2.05, 4.69) is 32.1 Å². The Kier molecular flexibility index (Phi) is 4.71. The Balaban J connectivity index is 1.65. The molecule has 1 aromatic carbocycles. The van der Waals surface area contributed by atoms with Gasteiger partial charge in [0.05, 0.1) is 18.1 Å². The molecule has 24 heavy (non-hydrogen) atoms. The van der Waals surface area contributed by atoms with E-state index in [1.807, 2.05) is 0 Å². The van der Waals surface area contributed by atoms with Gasteiger partial charge in [0.1, 0.15) is 5.82 Å². The van der Waals surface area contributed by atoms with Crippen LogP contribution in [0, 0.1) is 12.7 Å². The third-order valence-corrected chi connectivity index (χ3v) is 4.12. The summed E-state index contributed by atoms with van der Waals surface area (Å²) in [5.41, 5.74) is 1.26. The average molecular weight is 329 g/mol. The molecule has 6 nitrogen and oxygen atoms in total. The normalized spacial score (nSPS) is 15.4. The van der Waals surface area contributed by atoms with Gasteiger partial charge in [0.25, 0.3) is 5.91 Å². The highest BCUT2D eigenvalue weighted by Gasteiger charge is 2.16. The van der Waals surface area contributed by atoms with E-state index in [-0.39, 0.29) is 11.5 Å². The van der Waals surface area contributed by atoms with Crippen molar-refractivity contribution in [3.8, 4) is 0 Å². The quantitative estimate of drug-likeness (QED) is 0.932. The molecule has 126 valence electrons. The fraction of sp³-hybridized carbons (Fsp3) is 0.353. The minimum Gasteiger partial charge on any atom is -0.338 e. The van der Waals surface area contributed by atoms with Crippen LogP contribution in [0.1, 0.15) is 15.9 Å². The molecule has 1 aromatic heterocycles. The lowest BCUT2D eigenvalue weighted by atomic mass is 10.1. The van der Waals surface area contributed by atoms with Crippen molar-refractivity contribution in [2.75, 3.05) is 43.4 Å². The molecule has 1 fully saturated rings. The van der Waals surface area contributed by atoms with Gasteiger partial charge < -0.3 is 15.1 Å². The molecule has 7 heteroatoms. The highest BCUT2D eigenvalue weighted by atomic mass is 19.1. The van der Waals surface area contributed by atoms with Gasteiger partial charge in [-0.25, -0.2) is 14.4 Å². The summed E-state index contributed by atoms with van der Waals surface area (Å²) in [6.45, 7) is 5.36. The number of likely N-dealkylation sites (N-methyl/N-ethyl adjacent to an activating group) is 1. The summed E-state index contributed by atoms with van der Waals surface area (Å²) in [4.78, 5) is 25.1. The summed E-state index contributed by atoms with van der Waals surface area (Å²) in [6, 6.07) is 4.40. The fourth-order valence-electron chi connectivity index (χ4n) is 2.49. The van der Waals surface area contributed by atoms with Gasteiger partial charge in [0.15, 0.2) is 0 Å². The van der Waals surface area contributed by atoms with Crippen molar-refractivity contribution < 1.29 is 9.18 Å². The van der Waals surface area contributed by atoms with E-state index in [1.54, 1.807) is 31.5 Å². The summed E-state index contributed by atoms with van der Waals surface area (Å²) in [5, 5.41) is 2.68. The lowest BCUT2D eigenvalue weighted by Crippen LogP contribution is -2.45. The predicted octanol–water partition coefficient (Wildman–Crippen LogP) is 1.93. The molecule has 2 aromatic rings. The minimum atomic E-state index is -0.399.